The lowest BCUT2D eigenvalue weighted by Gasteiger charge is -2.13. The van der Waals surface area contributed by atoms with Gasteiger partial charge in [-0.1, -0.05) is 48.5 Å². The van der Waals surface area contributed by atoms with Crippen LogP contribution in [-0.2, 0) is 17.8 Å². The normalized spacial score (nSPS) is 10.3. The van der Waals surface area contributed by atoms with Crippen LogP contribution in [-0.4, -0.2) is 18.2 Å². The van der Waals surface area contributed by atoms with Crippen LogP contribution in [0.15, 0.2) is 72.8 Å². The Morgan fingerprint density at radius 3 is 2.27 bits per heavy atom. The average molecular weight is 348 g/mol. The smallest absolute Gasteiger partial charge is 0.307 e. The van der Waals surface area contributed by atoms with E-state index in [9.17, 15) is 9.90 Å². The van der Waals surface area contributed by atoms with Gasteiger partial charge in [-0.2, -0.15) is 0 Å². The maximum atomic E-state index is 11.3. The molecule has 3 aromatic rings. The predicted molar refractivity (Wildman–Crippen MR) is 101 cm³/mol. The molecule has 0 saturated carbocycles. The van der Waals surface area contributed by atoms with Gasteiger partial charge in [-0.3, -0.25) is 4.79 Å². The minimum absolute atomic E-state index is 0.0892. The maximum absolute atomic E-state index is 11.3. The Morgan fingerprint density at radius 1 is 0.923 bits per heavy atom. The second-order valence-electron chi connectivity index (χ2n) is 5.90. The number of aliphatic carboxylic acids is 1. The van der Waals surface area contributed by atoms with Crippen LogP contribution >= 0.6 is 0 Å². The summed E-state index contributed by atoms with van der Waals surface area (Å²) < 4.78 is 11.0. The molecule has 4 heteroatoms. The Morgan fingerprint density at radius 2 is 1.62 bits per heavy atom. The summed E-state index contributed by atoms with van der Waals surface area (Å²) in [6, 6.07) is 23.1. The van der Waals surface area contributed by atoms with E-state index in [0.717, 1.165) is 22.4 Å². The van der Waals surface area contributed by atoms with Gasteiger partial charge in [0.2, 0.25) is 0 Å². The number of methoxy groups -OCH3 is 1. The summed E-state index contributed by atoms with van der Waals surface area (Å²) in [5.74, 6) is 0.484. The van der Waals surface area contributed by atoms with Gasteiger partial charge in [-0.15, -0.1) is 0 Å². The van der Waals surface area contributed by atoms with E-state index in [4.69, 9.17) is 9.47 Å². The molecule has 0 radical (unpaired) electrons. The zero-order valence-electron chi connectivity index (χ0n) is 14.5. The number of hydrogen-bond acceptors (Lipinski definition) is 3. The molecular formula is C22H20O4. The van der Waals surface area contributed by atoms with Gasteiger partial charge in [0.25, 0.3) is 0 Å². The summed E-state index contributed by atoms with van der Waals surface area (Å²) in [4.78, 5) is 11.3. The first-order valence-electron chi connectivity index (χ1n) is 8.31. The molecule has 3 rings (SSSR count). The first-order valence-corrected chi connectivity index (χ1v) is 8.31. The summed E-state index contributed by atoms with van der Waals surface area (Å²) in [7, 11) is 1.62. The lowest BCUT2D eigenvalue weighted by molar-refractivity contribution is -0.136. The van der Waals surface area contributed by atoms with Crippen LogP contribution in [0.2, 0.25) is 0 Å². The van der Waals surface area contributed by atoms with Crippen LogP contribution in [0.25, 0.3) is 11.1 Å². The minimum atomic E-state index is -0.888. The van der Waals surface area contributed by atoms with Gasteiger partial charge in [0.05, 0.1) is 13.5 Å². The molecule has 0 heterocycles. The molecule has 0 fully saturated rings. The van der Waals surface area contributed by atoms with Crippen LogP contribution in [0.3, 0.4) is 0 Å². The number of benzene rings is 3. The fraction of sp³-hybridized carbons (Fsp3) is 0.136. The topological polar surface area (TPSA) is 55.8 Å². The molecule has 0 aliphatic carbocycles. The quantitative estimate of drug-likeness (QED) is 0.680. The van der Waals surface area contributed by atoms with Crippen LogP contribution in [0.1, 0.15) is 11.1 Å². The van der Waals surface area contributed by atoms with Crippen molar-refractivity contribution < 1.29 is 19.4 Å². The van der Waals surface area contributed by atoms with Crippen molar-refractivity contribution in [1.29, 1.82) is 0 Å². The van der Waals surface area contributed by atoms with E-state index in [1.165, 1.54) is 0 Å². The van der Waals surface area contributed by atoms with Crippen LogP contribution in [0.4, 0.5) is 0 Å². The molecule has 3 aromatic carbocycles. The van der Waals surface area contributed by atoms with E-state index in [1.807, 2.05) is 72.8 Å². The number of carboxylic acids is 1. The van der Waals surface area contributed by atoms with Crippen LogP contribution in [0.5, 0.6) is 11.5 Å². The van der Waals surface area contributed by atoms with Crippen molar-refractivity contribution in [1.82, 2.24) is 0 Å². The highest BCUT2D eigenvalue weighted by atomic mass is 16.5. The second-order valence-corrected chi connectivity index (χ2v) is 5.90. The molecular weight excluding hydrogens is 328 g/mol. The molecule has 0 aromatic heterocycles. The van der Waals surface area contributed by atoms with Crippen molar-refractivity contribution in [2.45, 2.75) is 13.0 Å². The largest absolute Gasteiger partial charge is 0.497 e. The van der Waals surface area contributed by atoms with Crippen molar-refractivity contribution in [2.24, 2.45) is 0 Å². The number of carbonyl (C=O) groups is 1. The highest BCUT2D eigenvalue weighted by molar-refractivity contribution is 5.74. The lowest BCUT2D eigenvalue weighted by Crippen LogP contribution is -2.04. The highest BCUT2D eigenvalue weighted by Gasteiger charge is 2.11. The third-order valence-corrected chi connectivity index (χ3v) is 4.06. The van der Waals surface area contributed by atoms with Crippen molar-refractivity contribution in [3.05, 3.63) is 83.9 Å². The van der Waals surface area contributed by atoms with Crippen molar-refractivity contribution in [3.63, 3.8) is 0 Å². The molecule has 0 aliphatic heterocycles. The first kappa shape index (κ1) is 17.5. The molecule has 0 bridgehead atoms. The average Bonchev–Trinajstić information content (AvgIpc) is 2.67. The van der Waals surface area contributed by atoms with Gasteiger partial charge in [0.1, 0.15) is 18.1 Å². The summed E-state index contributed by atoms with van der Waals surface area (Å²) in [6.45, 7) is 0.398. The zero-order valence-corrected chi connectivity index (χ0v) is 14.5. The van der Waals surface area contributed by atoms with E-state index >= 15 is 0 Å². The van der Waals surface area contributed by atoms with Crippen molar-refractivity contribution in [3.8, 4) is 22.6 Å². The number of ether oxygens (including phenoxy) is 2. The van der Waals surface area contributed by atoms with Crippen LogP contribution in [0, 0.1) is 0 Å². The van der Waals surface area contributed by atoms with Crippen molar-refractivity contribution >= 4 is 5.97 Å². The highest BCUT2D eigenvalue weighted by Crippen LogP contribution is 2.29. The molecule has 0 unspecified atom stereocenters. The lowest BCUT2D eigenvalue weighted by atomic mass is 10.0. The molecule has 0 atom stereocenters. The van der Waals surface area contributed by atoms with Gasteiger partial charge in [-0.25, -0.2) is 0 Å². The van der Waals surface area contributed by atoms with E-state index < -0.39 is 5.97 Å². The molecule has 0 spiro atoms. The predicted octanol–water partition coefficient (Wildman–Crippen LogP) is 4.57. The van der Waals surface area contributed by atoms with Gasteiger partial charge < -0.3 is 14.6 Å². The molecule has 1 N–H and O–H groups in total. The number of carboxylic acid groups (broad SMARTS) is 1. The molecule has 4 nitrogen and oxygen atoms in total. The van der Waals surface area contributed by atoms with Crippen molar-refractivity contribution in [2.75, 3.05) is 7.11 Å². The maximum Gasteiger partial charge on any atom is 0.307 e. The van der Waals surface area contributed by atoms with Crippen LogP contribution < -0.4 is 9.47 Å². The van der Waals surface area contributed by atoms with Gasteiger partial charge in [0.15, 0.2) is 0 Å². The first-order chi connectivity index (χ1) is 12.7. The Balaban J connectivity index is 1.85. The third kappa shape index (κ3) is 4.42. The fourth-order valence-corrected chi connectivity index (χ4v) is 2.72. The van der Waals surface area contributed by atoms with Gasteiger partial charge >= 0.3 is 5.97 Å². The number of rotatable bonds is 7. The SMILES string of the molecule is COc1ccc(-c2ccc(OCc3ccccc3)c(CC(=O)O)c2)cc1. The van der Waals surface area contributed by atoms with Gasteiger partial charge in [-0.05, 0) is 41.0 Å². The van der Waals surface area contributed by atoms with Gasteiger partial charge in [0, 0.05) is 5.56 Å². The Labute approximate surface area is 152 Å². The summed E-state index contributed by atoms with van der Waals surface area (Å²) in [5.41, 5.74) is 3.62. The van der Waals surface area contributed by atoms with E-state index in [-0.39, 0.29) is 6.42 Å². The summed E-state index contributed by atoms with van der Waals surface area (Å²) in [6.07, 6.45) is -0.0892. The zero-order chi connectivity index (χ0) is 18.4. The molecule has 0 amide bonds. The van der Waals surface area contributed by atoms with E-state index in [1.54, 1.807) is 7.11 Å². The monoisotopic (exact) mass is 348 g/mol. The minimum Gasteiger partial charge on any atom is -0.497 e. The number of hydrogen-bond donors (Lipinski definition) is 1. The Kier molecular flexibility index (Phi) is 5.54. The molecule has 0 aliphatic rings. The molecule has 0 saturated heterocycles. The third-order valence-electron chi connectivity index (χ3n) is 4.06. The standard InChI is InChI=1S/C22H20O4/c1-25-20-10-7-17(8-11-20)18-9-12-21(19(13-18)14-22(23)24)26-15-16-5-3-2-4-6-16/h2-13H,14-15H2,1H3,(H,23,24). The molecule has 26 heavy (non-hydrogen) atoms. The summed E-state index contributed by atoms with van der Waals surface area (Å²) >= 11 is 0. The molecule has 132 valence electrons. The second kappa shape index (κ2) is 8.21. The Hall–Kier alpha value is -3.27. The summed E-state index contributed by atoms with van der Waals surface area (Å²) in [5, 5.41) is 9.23. The van der Waals surface area contributed by atoms with E-state index in [2.05, 4.69) is 0 Å². The fourth-order valence-electron chi connectivity index (χ4n) is 2.72. The Bertz CT molecular complexity index is 870. The van der Waals surface area contributed by atoms with E-state index in [0.29, 0.717) is 17.9 Å².